The molecule has 0 atom stereocenters. The smallest absolute Gasteiger partial charge is 0.0480 e. The summed E-state index contributed by atoms with van der Waals surface area (Å²) < 4.78 is 2.17. The van der Waals surface area contributed by atoms with Crippen molar-refractivity contribution in [1.29, 1.82) is 0 Å². The Kier molecular flexibility index (Phi) is 1.87. The lowest BCUT2D eigenvalue weighted by Gasteiger charge is -2.05. The van der Waals surface area contributed by atoms with Crippen molar-refractivity contribution in [3.8, 4) is 0 Å². The highest BCUT2D eigenvalue weighted by atomic mass is 14.9. The summed E-state index contributed by atoms with van der Waals surface area (Å²) in [6.45, 7) is 4.40. The highest BCUT2D eigenvalue weighted by Gasteiger charge is 2.04. The summed E-state index contributed by atoms with van der Waals surface area (Å²) in [5, 5.41) is 1.41. The molecule has 0 aliphatic rings. The lowest BCUT2D eigenvalue weighted by molar-refractivity contribution is 0.968. The molecule has 0 aliphatic carbocycles. The van der Waals surface area contributed by atoms with Gasteiger partial charge in [-0.25, -0.2) is 0 Å². The first kappa shape index (κ1) is 8.36. The number of fused-ring (bicyclic) bond motifs is 1. The van der Waals surface area contributed by atoms with Gasteiger partial charge in [0.05, 0.1) is 0 Å². The number of hydrogen-bond donors (Lipinski definition) is 0. The molecule has 68 valence electrons. The molecule has 0 radical (unpaired) electrons. The molecular formula is C12H15N. The highest BCUT2D eigenvalue weighted by Crippen LogP contribution is 2.22. The van der Waals surface area contributed by atoms with Gasteiger partial charge in [0.2, 0.25) is 0 Å². The van der Waals surface area contributed by atoms with Gasteiger partial charge in [-0.1, -0.05) is 13.0 Å². The van der Waals surface area contributed by atoms with Gasteiger partial charge >= 0.3 is 0 Å². The molecule has 0 spiro atoms. The van der Waals surface area contributed by atoms with Crippen molar-refractivity contribution < 1.29 is 0 Å². The van der Waals surface area contributed by atoms with Crippen molar-refractivity contribution >= 4 is 10.9 Å². The maximum Gasteiger partial charge on any atom is 0.0480 e. The summed E-state index contributed by atoms with van der Waals surface area (Å²) in [6, 6.07) is 6.62. The topological polar surface area (TPSA) is 4.93 Å². The summed E-state index contributed by atoms with van der Waals surface area (Å²) in [5.74, 6) is 0. The average Bonchev–Trinajstić information content (AvgIpc) is 2.48. The van der Waals surface area contributed by atoms with Gasteiger partial charge in [0, 0.05) is 24.1 Å². The average molecular weight is 173 g/mol. The standard InChI is InChI=1S/C12H15N/c1-4-10-9(2)5-6-12-11(10)7-8-13(12)3/h5-8H,4H2,1-3H3. The SMILES string of the molecule is CCc1c(C)ccc2c1ccn2C. The Morgan fingerprint density at radius 2 is 2.00 bits per heavy atom. The van der Waals surface area contributed by atoms with Crippen LogP contribution in [-0.4, -0.2) is 4.57 Å². The lowest BCUT2D eigenvalue weighted by Crippen LogP contribution is -1.89. The van der Waals surface area contributed by atoms with E-state index in [9.17, 15) is 0 Å². The Balaban J connectivity index is 2.85. The quantitative estimate of drug-likeness (QED) is 0.624. The number of rotatable bonds is 1. The minimum Gasteiger partial charge on any atom is -0.351 e. The Morgan fingerprint density at radius 3 is 2.69 bits per heavy atom. The number of benzene rings is 1. The zero-order chi connectivity index (χ0) is 9.42. The second-order valence-corrected chi connectivity index (χ2v) is 3.57. The third-order valence-corrected chi connectivity index (χ3v) is 2.77. The minimum absolute atomic E-state index is 1.12. The zero-order valence-corrected chi connectivity index (χ0v) is 8.46. The second kappa shape index (κ2) is 2.91. The maximum atomic E-state index is 2.22. The molecule has 2 rings (SSSR count). The van der Waals surface area contributed by atoms with Crippen LogP contribution < -0.4 is 0 Å². The van der Waals surface area contributed by atoms with E-state index in [0.29, 0.717) is 0 Å². The molecule has 1 heteroatoms. The van der Waals surface area contributed by atoms with E-state index in [1.807, 2.05) is 0 Å². The van der Waals surface area contributed by atoms with Crippen LogP contribution >= 0.6 is 0 Å². The molecule has 0 bridgehead atoms. The van der Waals surface area contributed by atoms with Gasteiger partial charge in [0.25, 0.3) is 0 Å². The van der Waals surface area contributed by atoms with Crippen molar-refractivity contribution in [2.75, 3.05) is 0 Å². The fourth-order valence-electron chi connectivity index (χ4n) is 1.99. The zero-order valence-electron chi connectivity index (χ0n) is 8.46. The molecule has 0 fully saturated rings. The van der Waals surface area contributed by atoms with Crippen molar-refractivity contribution in [1.82, 2.24) is 4.57 Å². The Hall–Kier alpha value is -1.24. The summed E-state index contributed by atoms with van der Waals surface area (Å²) in [7, 11) is 2.09. The van der Waals surface area contributed by atoms with Crippen LogP contribution in [0.5, 0.6) is 0 Å². The molecule has 2 aromatic rings. The summed E-state index contributed by atoms with van der Waals surface area (Å²) in [4.78, 5) is 0. The van der Waals surface area contributed by atoms with Crippen LogP contribution in [-0.2, 0) is 13.5 Å². The molecule has 0 N–H and O–H groups in total. The van der Waals surface area contributed by atoms with Gasteiger partial charge < -0.3 is 4.57 Å². The van der Waals surface area contributed by atoms with Crippen LogP contribution in [0.3, 0.4) is 0 Å². The molecule has 0 saturated carbocycles. The van der Waals surface area contributed by atoms with Crippen LogP contribution in [0.4, 0.5) is 0 Å². The Bertz CT molecular complexity index is 438. The van der Waals surface area contributed by atoms with Crippen LogP contribution in [0.1, 0.15) is 18.1 Å². The maximum absolute atomic E-state index is 2.22. The first-order chi connectivity index (χ1) is 6.24. The van der Waals surface area contributed by atoms with Gasteiger partial charge in [-0.05, 0) is 36.6 Å². The van der Waals surface area contributed by atoms with Gasteiger partial charge in [-0.2, -0.15) is 0 Å². The number of hydrogen-bond acceptors (Lipinski definition) is 0. The monoisotopic (exact) mass is 173 g/mol. The molecule has 13 heavy (non-hydrogen) atoms. The van der Waals surface area contributed by atoms with Crippen LogP contribution in [0.2, 0.25) is 0 Å². The van der Waals surface area contributed by atoms with Crippen LogP contribution in [0.15, 0.2) is 24.4 Å². The predicted octanol–water partition coefficient (Wildman–Crippen LogP) is 3.05. The lowest BCUT2D eigenvalue weighted by atomic mass is 10.0. The van der Waals surface area contributed by atoms with Gasteiger partial charge in [-0.15, -0.1) is 0 Å². The molecule has 0 aliphatic heterocycles. The van der Waals surface area contributed by atoms with E-state index < -0.39 is 0 Å². The number of aryl methyl sites for hydroxylation is 3. The third kappa shape index (κ3) is 1.15. The highest BCUT2D eigenvalue weighted by molar-refractivity contribution is 5.84. The van der Waals surface area contributed by atoms with Crippen molar-refractivity contribution in [3.05, 3.63) is 35.5 Å². The van der Waals surface area contributed by atoms with E-state index in [-0.39, 0.29) is 0 Å². The van der Waals surface area contributed by atoms with Crippen molar-refractivity contribution in [3.63, 3.8) is 0 Å². The summed E-state index contributed by atoms with van der Waals surface area (Å²) >= 11 is 0. The van der Waals surface area contributed by atoms with Crippen molar-refractivity contribution in [2.45, 2.75) is 20.3 Å². The van der Waals surface area contributed by atoms with E-state index in [0.717, 1.165) is 6.42 Å². The van der Waals surface area contributed by atoms with Gasteiger partial charge in [0.1, 0.15) is 0 Å². The molecule has 1 heterocycles. The van der Waals surface area contributed by atoms with Crippen LogP contribution in [0, 0.1) is 6.92 Å². The molecule has 0 saturated heterocycles. The summed E-state index contributed by atoms with van der Waals surface area (Å²) in [5.41, 5.74) is 4.22. The molecule has 1 aromatic carbocycles. The van der Waals surface area contributed by atoms with Gasteiger partial charge in [0.15, 0.2) is 0 Å². The van der Waals surface area contributed by atoms with E-state index in [4.69, 9.17) is 0 Å². The number of nitrogens with zero attached hydrogens (tertiary/aromatic N) is 1. The molecular weight excluding hydrogens is 158 g/mol. The van der Waals surface area contributed by atoms with E-state index in [2.05, 4.69) is 49.9 Å². The minimum atomic E-state index is 1.12. The largest absolute Gasteiger partial charge is 0.351 e. The van der Waals surface area contributed by atoms with Gasteiger partial charge in [-0.3, -0.25) is 0 Å². The molecule has 0 unspecified atom stereocenters. The molecule has 1 nitrogen and oxygen atoms in total. The fraction of sp³-hybridized carbons (Fsp3) is 0.333. The van der Waals surface area contributed by atoms with Crippen molar-refractivity contribution in [2.24, 2.45) is 7.05 Å². The fourth-order valence-corrected chi connectivity index (χ4v) is 1.99. The predicted molar refractivity (Wildman–Crippen MR) is 57.0 cm³/mol. The first-order valence-electron chi connectivity index (χ1n) is 4.77. The Labute approximate surface area is 79.0 Å². The second-order valence-electron chi connectivity index (χ2n) is 3.57. The first-order valence-corrected chi connectivity index (χ1v) is 4.77. The van der Waals surface area contributed by atoms with E-state index in [1.165, 1.54) is 22.0 Å². The third-order valence-electron chi connectivity index (χ3n) is 2.77. The normalized spacial score (nSPS) is 11.0. The van der Waals surface area contributed by atoms with E-state index in [1.54, 1.807) is 0 Å². The summed E-state index contributed by atoms with van der Waals surface area (Å²) in [6.07, 6.45) is 3.25. The van der Waals surface area contributed by atoms with E-state index >= 15 is 0 Å². The molecule has 1 aromatic heterocycles. The molecule has 0 amide bonds. The van der Waals surface area contributed by atoms with Crippen LogP contribution in [0.25, 0.3) is 10.9 Å². The Morgan fingerprint density at radius 1 is 1.23 bits per heavy atom. The number of aromatic nitrogens is 1.